The number of hydrogen-bond acceptors (Lipinski definition) is 1. The quantitative estimate of drug-likeness (QED) is 0.175. The van der Waals surface area contributed by atoms with Crippen LogP contribution in [0.3, 0.4) is 0 Å². The number of hydrogen-bond donors (Lipinski definition) is 0. The van der Waals surface area contributed by atoms with E-state index in [1.165, 1.54) is 0 Å². The Hall–Kier alpha value is -6.44. The Bertz CT molecular complexity index is 3760. The maximum absolute atomic E-state index is 9.82. The zero-order valence-corrected chi connectivity index (χ0v) is 25.4. The van der Waals surface area contributed by atoms with Gasteiger partial charge in [0.05, 0.1) is 23.3 Å². The van der Waals surface area contributed by atoms with Gasteiger partial charge in [0, 0.05) is 16.3 Å². The highest BCUT2D eigenvalue weighted by Crippen LogP contribution is 2.47. The fourth-order valence-electron chi connectivity index (χ4n) is 6.72. The third-order valence-corrected chi connectivity index (χ3v) is 8.81. The van der Waals surface area contributed by atoms with Gasteiger partial charge in [-0.25, -0.2) is 0 Å². The average Bonchev–Trinajstić information content (AvgIpc) is 3.73. The summed E-state index contributed by atoms with van der Waals surface area (Å²) in [5.74, 6) is 0. The van der Waals surface area contributed by atoms with Gasteiger partial charge in [-0.1, -0.05) is 169 Å². The van der Waals surface area contributed by atoms with E-state index in [1.807, 2.05) is 78.9 Å². The number of fused-ring (bicyclic) bond motifs is 6. The van der Waals surface area contributed by atoms with E-state index in [2.05, 4.69) is 0 Å². The highest BCUT2D eigenvalue weighted by Gasteiger charge is 2.19. The third kappa shape index (κ3) is 4.33. The van der Waals surface area contributed by atoms with Crippen LogP contribution in [0.15, 0.2) is 186 Å². The summed E-state index contributed by atoms with van der Waals surface area (Å²) in [5, 5.41) is 1.58. The molecule has 0 amide bonds. The van der Waals surface area contributed by atoms with Gasteiger partial charge in [0.2, 0.25) is 0 Å². The molecule has 0 N–H and O–H groups in total. The van der Waals surface area contributed by atoms with Gasteiger partial charge in [-0.3, -0.25) is 0 Å². The fraction of sp³-hybridized carbons (Fsp3) is 0. The third-order valence-electron chi connectivity index (χ3n) is 8.81. The Labute approximate surface area is 308 Å². The highest BCUT2D eigenvalue weighted by molar-refractivity contribution is 6.24. The summed E-state index contributed by atoms with van der Waals surface area (Å²) in [6.45, 7) is 0. The second-order valence-electron chi connectivity index (χ2n) is 11.5. The molecule has 0 aliphatic carbocycles. The topological polar surface area (TPSA) is 13.1 Å². The van der Waals surface area contributed by atoms with Crippen LogP contribution < -0.4 is 0 Å². The van der Waals surface area contributed by atoms with Crippen LogP contribution in [0.2, 0.25) is 0 Å². The molecule has 1 nitrogen and oxygen atoms in total. The molecule has 0 aliphatic heterocycles. The van der Waals surface area contributed by atoms with Crippen LogP contribution in [0.4, 0.5) is 0 Å². The van der Waals surface area contributed by atoms with Crippen LogP contribution in [0.1, 0.15) is 23.3 Å². The van der Waals surface area contributed by atoms with E-state index in [-0.39, 0.29) is 27.1 Å². The van der Waals surface area contributed by atoms with Crippen molar-refractivity contribution in [2.75, 3.05) is 0 Å². The van der Waals surface area contributed by atoms with Gasteiger partial charge in [-0.05, 0) is 83.3 Å². The molecule has 228 valence electrons. The highest BCUT2D eigenvalue weighted by atomic mass is 16.3. The predicted octanol–water partition coefficient (Wildman–Crippen LogP) is 13.7. The van der Waals surface area contributed by atoms with Crippen molar-refractivity contribution >= 4 is 54.3 Å². The Morgan fingerprint density at radius 1 is 0.347 bits per heavy atom. The molecular weight excluding hydrogens is 593 g/mol. The molecule has 0 fully saturated rings. The number of rotatable bonds is 4. The summed E-state index contributed by atoms with van der Waals surface area (Å²) >= 11 is 0. The second kappa shape index (κ2) is 11.1. The molecule has 1 heterocycles. The molecule has 1 heteroatoms. The van der Waals surface area contributed by atoms with E-state index >= 15 is 0 Å². The summed E-state index contributed by atoms with van der Waals surface area (Å²) in [4.78, 5) is 0. The van der Waals surface area contributed by atoms with Gasteiger partial charge in [0.15, 0.2) is 0 Å². The van der Waals surface area contributed by atoms with E-state index in [0.717, 1.165) is 21.9 Å². The summed E-state index contributed by atoms with van der Waals surface area (Å²) in [6, 6.07) is 12.8. The number of benzene rings is 9. The summed E-state index contributed by atoms with van der Waals surface area (Å²) < 4.78 is 159. The van der Waals surface area contributed by atoms with Crippen molar-refractivity contribution in [1.29, 1.82) is 0 Å². The van der Waals surface area contributed by atoms with Crippen molar-refractivity contribution in [2.24, 2.45) is 0 Å². The van der Waals surface area contributed by atoms with Crippen molar-refractivity contribution in [2.45, 2.75) is 0 Å². The number of furan rings is 1. The van der Waals surface area contributed by atoms with Gasteiger partial charge in [0.1, 0.15) is 11.2 Å². The van der Waals surface area contributed by atoms with Crippen molar-refractivity contribution < 1.29 is 27.7 Å². The summed E-state index contributed by atoms with van der Waals surface area (Å²) in [6.07, 6.45) is 0. The second-order valence-corrected chi connectivity index (χ2v) is 11.5. The molecule has 49 heavy (non-hydrogen) atoms. The molecule has 0 saturated carbocycles. The van der Waals surface area contributed by atoms with E-state index < -0.39 is 136 Å². The first-order chi connectivity index (χ1) is 31.4. The van der Waals surface area contributed by atoms with E-state index in [1.54, 1.807) is 0 Å². The largest absolute Gasteiger partial charge is 0.455 e. The van der Waals surface area contributed by atoms with Crippen LogP contribution in [0, 0.1) is 0 Å². The van der Waals surface area contributed by atoms with Crippen molar-refractivity contribution in [1.82, 2.24) is 0 Å². The minimum Gasteiger partial charge on any atom is -0.455 e. The lowest BCUT2D eigenvalue weighted by molar-refractivity contribution is 0.670. The predicted molar refractivity (Wildman–Crippen MR) is 208 cm³/mol. The molecule has 0 aliphatic rings. The molecular formula is C48H30O. The Balaban J connectivity index is 1.37. The zero-order valence-electron chi connectivity index (χ0n) is 42.4. The molecule has 0 unspecified atom stereocenters. The molecule has 0 bridgehead atoms. The molecule has 9 aromatic carbocycles. The first kappa shape index (κ1) is 15.6. The molecule has 0 radical (unpaired) electrons. The smallest absolute Gasteiger partial charge is 0.143 e. The number of para-hydroxylation sites is 1. The SMILES string of the molecule is [2H]c1c([2H])c([2H])c(-c2c([2H])c([2H])c([2H])c3c2oc2c([2H])c(-c4c([2H])c([2H])c(-c5c6ccccc6c(-c6ccccc6)c6ccccc56)c5c([2H])c([2H])c([2H])c([2H])c45)c([2H])c([2H])c23)c([2H])c1[2H]. The Kier molecular flexibility index (Phi) is 3.54. The van der Waals surface area contributed by atoms with Gasteiger partial charge >= 0.3 is 0 Å². The fourth-order valence-corrected chi connectivity index (χ4v) is 6.72. The average molecular weight is 640 g/mol. The van der Waals surface area contributed by atoms with Crippen molar-refractivity contribution in [3.8, 4) is 44.5 Å². The lowest BCUT2D eigenvalue weighted by Gasteiger charge is -2.19. The van der Waals surface area contributed by atoms with Gasteiger partial charge in [-0.2, -0.15) is 0 Å². The van der Waals surface area contributed by atoms with E-state index in [0.29, 0.717) is 16.3 Å². The lowest BCUT2D eigenvalue weighted by atomic mass is 9.84. The lowest BCUT2D eigenvalue weighted by Crippen LogP contribution is -1.92. The van der Waals surface area contributed by atoms with Crippen LogP contribution in [-0.2, 0) is 0 Å². The van der Waals surface area contributed by atoms with Crippen molar-refractivity contribution in [3.05, 3.63) is 182 Å². The van der Waals surface area contributed by atoms with Crippen LogP contribution in [0.25, 0.3) is 98.8 Å². The van der Waals surface area contributed by atoms with Crippen LogP contribution in [0.5, 0.6) is 0 Å². The van der Waals surface area contributed by atoms with E-state index in [4.69, 9.17) is 18.1 Å². The normalized spacial score (nSPS) is 16.5. The van der Waals surface area contributed by atoms with E-state index in [9.17, 15) is 9.60 Å². The monoisotopic (exact) mass is 639 g/mol. The van der Waals surface area contributed by atoms with Gasteiger partial charge in [0.25, 0.3) is 0 Å². The maximum Gasteiger partial charge on any atom is 0.143 e. The summed E-state index contributed by atoms with van der Waals surface area (Å²) in [5.41, 5.74) is -0.763. The zero-order chi connectivity index (χ0) is 47.1. The molecule has 1 aromatic heterocycles. The van der Waals surface area contributed by atoms with Crippen LogP contribution in [-0.4, -0.2) is 0 Å². The first-order valence-electron chi connectivity index (χ1n) is 24.0. The Morgan fingerprint density at radius 3 is 1.65 bits per heavy atom. The van der Waals surface area contributed by atoms with Crippen LogP contribution >= 0.6 is 0 Å². The minimum absolute atomic E-state index is 0.000190. The minimum atomic E-state index is -0.754. The molecule has 0 saturated heterocycles. The summed E-state index contributed by atoms with van der Waals surface area (Å²) in [7, 11) is 0. The molecule has 10 rings (SSSR count). The van der Waals surface area contributed by atoms with Gasteiger partial charge in [-0.15, -0.1) is 0 Å². The molecule has 0 spiro atoms. The molecule has 0 atom stereocenters. The maximum atomic E-state index is 9.82. The standard InChI is InChI=1S/C48H30O/c1-3-14-31(15-4-1)35-24-13-25-44-38-27-26-33(30-45(38)49-48(35)44)34-28-29-43(37-19-8-7-18-36(34)37)47-41-22-11-9-20-39(41)46(32-16-5-2-6-17-32)40-21-10-12-23-42(40)47/h1-30H/i1D,3D,4D,7D,8D,13D,14D,15D,18D,19D,24D,25D,26D,27D,28D,29D,30D. The van der Waals surface area contributed by atoms with Gasteiger partial charge < -0.3 is 4.42 Å². The first-order valence-corrected chi connectivity index (χ1v) is 15.5. The Morgan fingerprint density at radius 2 is 0.939 bits per heavy atom. The van der Waals surface area contributed by atoms with Crippen molar-refractivity contribution in [3.63, 3.8) is 0 Å². The molecule has 10 aromatic rings.